The summed E-state index contributed by atoms with van der Waals surface area (Å²) in [5, 5.41) is 28.4. The molecule has 9 nitrogen and oxygen atoms in total. The molecule has 0 aromatic rings. The molecule has 0 bridgehead atoms. The van der Waals surface area contributed by atoms with Crippen molar-refractivity contribution in [3.05, 3.63) is 0 Å². The van der Waals surface area contributed by atoms with Crippen LogP contribution >= 0.6 is 0 Å². The van der Waals surface area contributed by atoms with Crippen LogP contribution < -0.4 is 11.5 Å². The zero-order valence-electron chi connectivity index (χ0n) is 12.0. The Morgan fingerprint density at radius 3 is 2.19 bits per heavy atom. The maximum absolute atomic E-state index is 9.74. The lowest BCUT2D eigenvalue weighted by molar-refractivity contribution is -0.267. The van der Waals surface area contributed by atoms with E-state index < -0.39 is 37.3 Å². The van der Waals surface area contributed by atoms with Gasteiger partial charge >= 0.3 is 0 Å². The molecule has 1 rings (SSSR count). The summed E-state index contributed by atoms with van der Waals surface area (Å²) in [4.78, 5) is 0. The summed E-state index contributed by atoms with van der Waals surface area (Å²) in [6.45, 7) is 1.92. The standard InChI is InChI=1S/C12H26N2O7/c13-1-2-18-3-4-19-5-6-20-12-9(14)11(17)10(16)8(7-15)21-12/h8-12,15-17H,1-7,13-14H2. The van der Waals surface area contributed by atoms with Gasteiger partial charge in [0.15, 0.2) is 6.29 Å². The van der Waals surface area contributed by atoms with E-state index in [0.29, 0.717) is 33.0 Å². The average molecular weight is 310 g/mol. The number of ether oxygens (including phenoxy) is 4. The first-order valence-corrected chi connectivity index (χ1v) is 6.97. The van der Waals surface area contributed by atoms with Crippen LogP contribution in [0, 0.1) is 0 Å². The topological polar surface area (TPSA) is 150 Å². The molecule has 1 aliphatic heterocycles. The van der Waals surface area contributed by atoms with Gasteiger partial charge < -0.3 is 45.7 Å². The Morgan fingerprint density at radius 1 is 0.952 bits per heavy atom. The van der Waals surface area contributed by atoms with Crippen LogP contribution in [-0.4, -0.2) is 92.1 Å². The van der Waals surface area contributed by atoms with Gasteiger partial charge in [-0.25, -0.2) is 0 Å². The van der Waals surface area contributed by atoms with Crippen LogP contribution in [0.5, 0.6) is 0 Å². The highest BCUT2D eigenvalue weighted by Crippen LogP contribution is 2.20. The molecule has 1 heterocycles. The lowest BCUT2D eigenvalue weighted by Gasteiger charge is -2.40. The summed E-state index contributed by atoms with van der Waals surface area (Å²) in [5.74, 6) is 0. The van der Waals surface area contributed by atoms with E-state index in [9.17, 15) is 10.2 Å². The molecule has 1 fully saturated rings. The Balaban J connectivity index is 2.16. The van der Waals surface area contributed by atoms with Crippen molar-refractivity contribution in [2.24, 2.45) is 11.5 Å². The van der Waals surface area contributed by atoms with Crippen LogP contribution in [0.25, 0.3) is 0 Å². The van der Waals surface area contributed by atoms with Crippen molar-refractivity contribution >= 4 is 0 Å². The molecule has 5 atom stereocenters. The van der Waals surface area contributed by atoms with Crippen LogP contribution in [-0.2, 0) is 18.9 Å². The lowest BCUT2D eigenvalue weighted by Crippen LogP contribution is -2.62. The van der Waals surface area contributed by atoms with Crippen LogP contribution in [0.3, 0.4) is 0 Å². The van der Waals surface area contributed by atoms with Crippen LogP contribution in [0.15, 0.2) is 0 Å². The zero-order chi connectivity index (χ0) is 15.7. The fourth-order valence-corrected chi connectivity index (χ4v) is 1.88. The van der Waals surface area contributed by atoms with Gasteiger partial charge in [-0.3, -0.25) is 0 Å². The first-order valence-electron chi connectivity index (χ1n) is 6.97. The highest BCUT2D eigenvalue weighted by Gasteiger charge is 2.42. The molecule has 0 aliphatic carbocycles. The predicted molar refractivity (Wildman–Crippen MR) is 72.4 cm³/mol. The number of aliphatic hydroxyl groups excluding tert-OH is 3. The van der Waals surface area contributed by atoms with Crippen molar-refractivity contribution in [2.45, 2.75) is 30.6 Å². The van der Waals surface area contributed by atoms with Crippen LogP contribution in [0.4, 0.5) is 0 Å². The summed E-state index contributed by atoms with van der Waals surface area (Å²) < 4.78 is 21.0. The molecule has 1 aliphatic rings. The van der Waals surface area contributed by atoms with Gasteiger partial charge in [-0.1, -0.05) is 0 Å². The van der Waals surface area contributed by atoms with Gasteiger partial charge in [0.05, 0.1) is 45.7 Å². The Bertz CT molecular complexity index is 270. The highest BCUT2D eigenvalue weighted by molar-refractivity contribution is 4.91. The lowest BCUT2D eigenvalue weighted by atomic mass is 9.98. The molecule has 0 saturated carbocycles. The Morgan fingerprint density at radius 2 is 1.57 bits per heavy atom. The number of rotatable bonds is 10. The SMILES string of the molecule is NCCOCCOCCOC1OC(CO)C(O)C(O)C1N. The summed E-state index contributed by atoms with van der Waals surface area (Å²) >= 11 is 0. The number of nitrogens with two attached hydrogens (primary N) is 2. The number of hydrogen-bond donors (Lipinski definition) is 5. The minimum absolute atomic E-state index is 0.205. The quantitative estimate of drug-likeness (QED) is 0.262. The van der Waals surface area contributed by atoms with Gasteiger partial charge in [0.25, 0.3) is 0 Å². The maximum atomic E-state index is 9.74. The van der Waals surface area contributed by atoms with Gasteiger partial charge in [0.1, 0.15) is 18.3 Å². The fourth-order valence-electron chi connectivity index (χ4n) is 1.88. The van der Waals surface area contributed by atoms with Crippen molar-refractivity contribution in [3.63, 3.8) is 0 Å². The Labute approximate surface area is 123 Å². The Kier molecular flexibility index (Phi) is 9.24. The third-order valence-electron chi connectivity index (χ3n) is 3.07. The van der Waals surface area contributed by atoms with Crippen molar-refractivity contribution < 1.29 is 34.3 Å². The van der Waals surface area contributed by atoms with Gasteiger partial charge in [-0.05, 0) is 0 Å². The van der Waals surface area contributed by atoms with Crippen LogP contribution in [0.1, 0.15) is 0 Å². The second-order valence-electron chi connectivity index (χ2n) is 4.67. The molecule has 7 N–H and O–H groups in total. The minimum Gasteiger partial charge on any atom is -0.394 e. The molecule has 0 aromatic carbocycles. The molecule has 0 spiro atoms. The van der Waals surface area contributed by atoms with Crippen molar-refractivity contribution in [2.75, 3.05) is 46.2 Å². The van der Waals surface area contributed by atoms with E-state index in [4.69, 9.17) is 35.5 Å². The van der Waals surface area contributed by atoms with Crippen LogP contribution in [0.2, 0.25) is 0 Å². The zero-order valence-corrected chi connectivity index (χ0v) is 12.0. The number of aliphatic hydroxyl groups is 3. The van der Waals surface area contributed by atoms with Gasteiger partial charge in [0.2, 0.25) is 0 Å². The summed E-state index contributed by atoms with van der Waals surface area (Å²) in [6, 6.07) is -0.893. The monoisotopic (exact) mass is 310 g/mol. The second-order valence-corrected chi connectivity index (χ2v) is 4.67. The molecular weight excluding hydrogens is 284 g/mol. The molecule has 0 radical (unpaired) electrons. The minimum atomic E-state index is -1.24. The normalized spacial score (nSPS) is 33.3. The Hall–Kier alpha value is -0.360. The van der Waals surface area contributed by atoms with E-state index in [-0.39, 0.29) is 6.61 Å². The van der Waals surface area contributed by atoms with E-state index in [1.807, 2.05) is 0 Å². The first-order chi connectivity index (χ1) is 10.1. The maximum Gasteiger partial charge on any atom is 0.175 e. The third-order valence-corrected chi connectivity index (χ3v) is 3.07. The van der Waals surface area contributed by atoms with Crippen molar-refractivity contribution in [1.29, 1.82) is 0 Å². The molecule has 21 heavy (non-hydrogen) atoms. The third kappa shape index (κ3) is 6.10. The predicted octanol–water partition coefficient (Wildman–Crippen LogP) is -3.24. The smallest absolute Gasteiger partial charge is 0.175 e. The largest absolute Gasteiger partial charge is 0.394 e. The molecule has 0 amide bonds. The highest BCUT2D eigenvalue weighted by atomic mass is 16.7. The van der Waals surface area contributed by atoms with E-state index in [0.717, 1.165) is 0 Å². The van der Waals surface area contributed by atoms with E-state index in [2.05, 4.69) is 0 Å². The number of hydrogen-bond acceptors (Lipinski definition) is 9. The molecule has 9 heteroatoms. The second kappa shape index (κ2) is 10.4. The summed E-state index contributed by atoms with van der Waals surface area (Å²) in [7, 11) is 0. The summed E-state index contributed by atoms with van der Waals surface area (Å²) in [5.41, 5.74) is 11.0. The van der Waals surface area contributed by atoms with E-state index in [1.54, 1.807) is 0 Å². The van der Waals surface area contributed by atoms with Gasteiger partial charge in [-0.2, -0.15) is 0 Å². The van der Waals surface area contributed by atoms with Gasteiger partial charge in [0, 0.05) is 6.54 Å². The molecule has 0 aromatic heterocycles. The van der Waals surface area contributed by atoms with E-state index >= 15 is 0 Å². The van der Waals surface area contributed by atoms with E-state index in [1.165, 1.54) is 0 Å². The van der Waals surface area contributed by atoms with Crippen molar-refractivity contribution in [3.8, 4) is 0 Å². The fraction of sp³-hybridized carbons (Fsp3) is 1.00. The molecule has 5 unspecified atom stereocenters. The average Bonchev–Trinajstić information content (AvgIpc) is 2.49. The van der Waals surface area contributed by atoms with Crippen molar-refractivity contribution in [1.82, 2.24) is 0 Å². The molecular formula is C12H26N2O7. The first kappa shape index (κ1) is 18.7. The summed E-state index contributed by atoms with van der Waals surface area (Å²) in [6.07, 6.45) is -4.28. The molecule has 126 valence electrons. The van der Waals surface area contributed by atoms with Gasteiger partial charge in [-0.15, -0.1) is 0 Å². The molecule has 1 saturated heterocycles.